The van der Waals surface area contributed by atoms with Gasteiger partial charge in [-0.2, -0.15) is 5.26 Å². The lowest BCUT2D eigenvalue weighted by Crippen LogP contribution is -2.56. The van der Waals surface area contributed by atoms with E-state index in [0.717, 1.165) is 69.4 Å². The molecular weight excluding hydrogens is 916 g/mol. The highest BCUT2D eigenvalue weighted by atomic mass is 32.2. The number of aliphatic hydroxyl groups is 1. The van der Waals surface area contributed by atoms with Gasteiger partial charge in [-0.15, -0.1) is 0 Å². The summed E-state index contributed by atoms with van der Waals surface area (Å²) in [6.45, 7) is 7.86. The molecule has 2 aliphatic carbocycles. The number of aromatic nitrogens is 2. The van der Waals surface area contributed by atoms with Gasteiger partial charge in [0.2, 0.25) is 0 Å². The number of carbonyl (C=O) groups is 1. The Kier molecular flexibility index (Phi) is 12.5. The SMILES string of the molecule is CC(C)c1ccccc1[C@@H]1CC[C@H](CC#N)N1C1CC2(CCN(c3ccc(C(=O)NS(=O)(=O)c4cc5c(c([N+](=O)[O-])c4)NC(C4CCC(C)(O)CC4)CO5)c(Oc4cnc5[nH]cc(F)c5c4)c3)CC2)C1. The maximum atomic E-state index is 14.7. The minimum absolute atomic E-state index is 0.00389. The molecule has 5 aromatic rings. The van der Waals surface area contributed by atoms with E-state index in [1.165, 1.54) is 35.7 Å². The van der Waals surface area contributed by atoms with E-state index < -0.39 is 42.9 Å². The molecule has 2 aromatic heterocycles. The van der Waals surface area contributed by atoms with Gasteiger partial charge >= 0.3 is 0 Å². The number of nitro benzene ring substituents is 1. The molecule has 0 bridgehead atoms. The molecule has 4 fully saturated rings. The lowest BCUT2D eigenvalue weighted by Gasteiger charge is -2.57. The molecule has 2 saturated heterocycles. The van der Waals surface area contributed by atoms with Crippen LogP contribution in [0.5, 0.6) is 17.2 Å². The van der Waals surface area contributed by atoms with Crippen LogP contribution in [0.3, 0.4) is 0 Å². The number of amides is 1. The summed E-state index contributed by atoms with van der Waals surface area (Å²) in [5, 5.41) is 36.0. The zero-order valence-electron chi connectivity index (χ0n) is 39.6. The van der Waals surface area contributed by atoms with Gasteiger partial charge in [0.15, 0.2) is 11.4 Å². The first-order valence-corrected chi connectivity index (χ1v) is 25.9. The molecule has 5 aliphatic rings. The van der Waals surface area contributed by atoms with E-state index in [0.29, 0.717) is 49.7 Å². The predicted octanol–water partition coefficient (Wildman–Crippen LogP) is 9.63. The molecule has 0 radical (unpaired) electrons. The molecular formula is C52H59FN8O8S. The first-order valence-electron chi connectivity index (χ1n) is 24.4. The molecule has 16 nitrogen and oxygen atoms in total. The maximum absolute atomic E-state index is 14.7. The first-order chi connectivity index (χ1) is 33.5. The topological polar surface area (TPSA) is 216 Å². The molecule has 70 heavy (non-hydrogen) atoms. The van der Waals surface area contributed by atoms with Gasteiger partial charge in [0.1, 0.15) is 29.6 Å². The molecule has 5 heterocycles. The van der Waals surface area contributed by atoms with Crippen LogP contribution in [0.25, 0.3) is 11.0 Å². The number of ether oxygens (including phenoxy) is 2. The van der Waals surface area contributed by atoms with Crippen LogP contribution < -0.4 is 24.4 Å². The number of benzene rings is 3. The predicted molar refractivity (Wildman–Crippen MR) is 261 cm³/mol. The molecule has 1 unspecified atom stereocenters. The van der Waals surface area contributed by atoms with Crippen LogP contribution in [0.15, 0.2) is 78.0 Å². The molecule has 18 heteroatoms. The van der Waals surface area contributed by atoms with E-state index in [-0.39, 0.29) is 70.0 Å². The Bertz CT molecular complexity index is 2980. The number of hydrogen-bond acceptors (Lipinski definition) is 13. The van der Waals surface area contributed by atoms with E-state index in [4.69, 9.17) is 9.47 Å². The number of piperidine rings is 1. The highest BCUT2D eigenvalue weighted by Crippen LogP contribution is 2.56. The number of rotatable bonds is 12. The molecule has 10 rings (SSSR count). The summed E-state index contributed by atoms with van der Waals surface area (Å²) in [4.78, 5) is 37.2. The van der Waals surface area contributed by atoms with Gasteiger partial charge in [-0.05, 0) is 118 Å². The molecule has 2 saturated carbocycles. The Hall–Kier alpha value is -6.29. The summed E-state index contributed by atoms with van der Waals surface area (Å²) in [7, 11) is -4.73. The van der Waals surface area contributed by atoms with Gasteiger partial charge in [-0.1, -0.05) is 38.1 Å². The standard InChI is InChI=1S/C52H59FN8O8S/c1-31(2)38-6-4-5-7-39(38)44-11-9-33(14-19-54)60(44)35-26-52(27-35)17-20-59(21-18-52)34-8-10-40(46(22-34)69-36-23-41-42(53)29-56-49(41)55-28-36)50(62)58-70(66,67)37-24-45(61(64)65)48-47(25-37)68-30-43(57-48)32-12-15-51(3,63)16-13-32/h4-8,10,22-25,28-29,31-33,35,43-44,57,63H,9,11-18,20-21,26-27,30H2,1-3H3,(H,55,56)(H,58,62)/t32?,33-,43?,44+,51?/m1/s1. The summed E-state index contributed by atoms with van der Waals surface area (Å²) in [5.41, 5.74) is 2.55. The van der Waals surface area contributed by atoms with Crippen LogP contribution in [0.1, 0.15) is 125 Å². The van der Waals surface area contributed by atoms with Crippen LogP contribution >= 0.6 is 0 Å². The summed E-state index contributed by atoms with van der Waals surface area (Å²) in [6, 6.07) is 20.2. The highest BCUT2D eigenvalue weighted by Gasteiger charge is 2.52. The molecule has 3 aromatic carbocycles. The summed E-state index contributed by atoms with van der Waals surface area (Å²) in [5.74, 6) is -1.06. The second-order valence-corrected chi connectivity index (χ2v) is 22.5. The van der Waals surface area contributed by atoms with Crippen molar-refractivity contribution in [2.75, 3.05) is 29.9 Å². The van der Waals surface area contributed by atoms with Gasteiger partial charge in [0.05, 0.1) is 51.1 Å². The molecule has 4 N–H and O–H groups in total. The molecule has 1 amide bonds. The normalized spacial score (nSPS) is 24.6. The third kappa shape index (κ3) is 9.14. The number of fused-ring (bicyclic) bond motifs is 2. The number of nitrogens with one attached hydrogen (secondary N) is 3. The molecule has 3 atom stereocenters. The highest BCUT2D eigenvalue weighted by molar-refractivity contribution is 7.90. The van der Waals surface area contributed by atoms with Crippen molar-refractivity contribution >= 4 is 44.0 Å². The van der Waals surface area contributed by atoms with Crippen LogP contribution in [0, 0.1) is 38.6 Å². The Morgan fingerprint density at radius 3 is 2.57 bits per heavy atom. The van der Waals surface area contributed by atoms with Gasteiger partial charge in [0, 0.05) is 61.3 Å². The van der Waals surface area contributed by atoms with Crippen molar-refractivity contribution in [3.8, 4) is 23.3 Å². The average molecular weight is 975 g/mol. The Balaban J connectivity index is 0.870. The molecule has 1 spiro atoms. The fourth-order valence-electron chi connectivity index (χ4n) is 12.0. The Labute approximate surface area is 406 Å². The number of sulfonamides is 1. The zero-order chi connectivity index (χ0) is 49.1. The Morgan fingerprint density at radius 1 is 1.09 bits per heavy atom. The van der Waals surface area contributed by atoms with Crippen molar-refractivity contribution < 1.29 is 37.1 Å². The number of carbonyl (C=O) groups excluding carboxylic acids is 1. The fourth-order valence-corrected chi connectivity index (χ4v) is 13.0. The summed E-state index contributed by atoms with van der Waals surface area (Å²) < 4.78 is 57.0. The van der Waals surface area contributed by atoms with E-state index >= 15 is 0 Å². The number of nitrogens with zero attached hydrogens (tertiary/aromatic N) is 5. The van der Waals surface area contributed by atoms with Crippen molar-refractivity contribution in [3.05, 3.63) is 106 Å². The Morgan fingerprint density at radius 2 is 1.84 bits per heavy atom. The number of nitro groups is 1. The maximum Gasteiger partial charge on any atom is 0.297 e. The number of anilines is 2. The van der Waals surface area contributed by atoms with Crippen molar-refractivity contribution in [2.24, 2.45) is 11.3 Å². The van der Waals surface area contributed by atoms with Crippen molar-refractivity contribution in [1.29, 1.82) is 5.26 Å². The van der Waals surface area contributed by atoms with Crippen molar-refractivity contribution in [1.82, 2.24) is 19.6 Å². The number of halogens is 1. The van der Waals surface area contributed by atoms with Gasteiger partial charge < -0.3 is 29.8 Å². The van der Waals surface area contributed by atoms with E-state index in [9.17, 15) is 38.1 Å². The van der Waals surface area contributed by atoms with Crippen LogP contribution in [-0.2, 0) is 10.0 Å². The second kappa shape index (κ2) is 18.5. The van der Waals surface area contributed by atoms with Gasteiger partial charge in [-0.3, -0.25) is 19.8 Å². The smallest absolute Gasteiger partial charge is 0.297 e. The number of H-pyrrole nitrogens is 1. The number of aromatic amines is 1. The van der Waals surface area contributed by atoms with E-state index in [1.807, 2.05) is 0 Å². The molecule has 3 aliphatic heterocycles. The lowest BCUT2D eigenvalue weighted by molar-refractivity contribution is -0.384. The quantitative estimate of drug-likeness (QED) is 0.0677. The number of hydrogen-bond donors (Lipinski definition) is 4. The third-order valence-electron chi connectivity index (χ3n) is 15.9. The number of likely N-dealkylation sites (tertiary alicyclic amines) is 1. The van der Waals surface area contributed by atoms with Gasteiger partial charge in [-0.25, -0.2) is 22.5 Å². The van der Waals surface area contributed by atoms with E-state index in [1.54, 1.807) is 19.1 Å². The summed E-state index contributed by atoms with van der Waals surface area (Å²) >= 11 is 0. The average Bonchev–Trinajstić information content (AvgIpc) is 3.92. The van der Waals surface area contributed by atoms with Crippen LogP contribution in [0.2, 0.25) is 0 Å². The minimum Gasteiger partial charge on any atom is -0.489 e. The van der Waals surface area contributed by atoms with Gasteiger partial charge in [0.25, 0.3) is 21.6 Å². The van der Waals surface area contributed by atoms with Crippen molar-refractivity contribution in [2.45, 2.75) is 132 Å². The second-order valence-electron chi connectivity index (χ2n) is 20.8. The van der Waals surface area contributed by atoms with Crippen molar-refractivity contribution in [3.63, 3.8) is 0 Å². The minimum atomic E-state index is -4.73. The monoisotopic (exact) mass is 974 g/mol. The fraction of sp³-hybridized carbons (Fsp3) is 0.481. The van der Waals surface area contributed by atoms with Crippen LogP contribution in [0.4, 0.5) is 21.5 Å². The van der Waals surface area contributed by atoms with Crippen LogP contribution in [-0.4, -0.2) is 82.6 Å². The summed E-state index contributed by atoms with van der Waals surface area (Å²) in [6.07, 6.45) is 11.6. The third-order valence-corrected chi connectivity index (χ3v) is 17.2. The number of nitriles is 1. The zero-order valence-corrected chi connectivity index (χ0v) is 40.4. The first kappa shape index (κ1) is 47.4. The van der Waals surface area contributed by atoms with E-state index in [2.05, 4.69) is 74.0 Å². The largest absolute Gasteiger partial charge is 0.489 e. The molecule has 368 valence electrons. The number of pyridine rings is 1. The lowest BCUT2D eigenvalue weighted by atomic mass is 9.59.